The lowest BCUT2D eigenvalue weighted by atomic mass is 10.2. The Morgan fingerprint density at radius 1 is 1.26 bits per heavy atom. The number of hydrogen-bond donors (Lipinski definition) is 1. The molecule has 0 radical (unpaired) electrons. The largest absolute Gasteiger partial charge is 0.494 e. The van der Waals surface area contributed by atoms with Crippen LogP contribution in [0.4, 0.5) is 15.8 Å². The molecule has 0 fully saturated rings. The van der Waals surface area contributed by atoms with Crippen LogP contribution in [0.15, 0.2) is 41.3 Å². The summed E-state index contributed by atoms with van der Waals surface area (Å²) in [6.07, 6.45) is 0. The fourth-order valence-electron chi connectivity index (χ4n) is 2.08. The molecule has 0 amide bonds. The molecule has 0 saturated carbocycles. The van der Waals surface area contributed by atoms with Crippen molar-refractivity contribution >= 4 is 21.4 Å². The molecule has 9 heteroatoms. The van der Waals surface area contributed by atoms with Gasteiger partial charge in [0.05, 0.1) is 17.7 Å². The lowest BCUT2D eigenvalue weighted by Crippen LogP contribution is -2.16. The molecule has 0 bridgehead atoms. The second-order valence-corrected chi connectivity index (χ2v) is 6.25. The van der Waals surface area contributed by atoms with E-state index in [2.05, 4.69) is 4.72 Å². The van der Waals surface area contributed by atoms with E-state index in [4.69, 9.17) is 4.74 Å². The molecule has 23 heavy (non-hydrogen) atoms. The number of nitro groups is 1. The number of halogens is 1. The minimum atomic E-state index is -4.26. The highest BCUT2D eigenvalue weighted by Crippen LogP contribution is 2.32. The second-order valence-electron chi connectivity index (χ2n) is 4.63. The third-order valence-corrected chi connectivity index (χ3v) is 4.62. The first kappa shape index (κ1) is 16.7. The van der Waals surface area contributed by atoms with E-state index in [1.165, 1.54) is 32.2 Å². The Balaban J connectivity index is 2.55. The lowest BCUT2D eigenvalue weighted by molar-refractivity contribution is -0.387. The Morgan fingerprint density at radius 3 is 2.57 bits per heavy atom. The van der Waals surface area contributed by atoms with Crippen molar-refractivity contribution in [3.63, 3.8) is 0 Å². The van der Waals surface area contributed by atoms with Gasteiger partial charge in [-0.25, -0.2) is 12.8 Å². The van der Waals surface area contributed by atoms with E-state index in [1.807, 2.05) is 0 Å². The van der Waals surface area contributed by atoms with Crippen LogP contribution in [0.1, 0.15) is 5.56 Å². The summed E-state index contributed by atoms with van der Waals surface area (Å²) in [6, 6.07) is 7.17. The molecule has 0 aliphatic rings. The van der Waals surface area contributed by atoms with E-state index in [0.717, 1.165) is 18.2 Å². The van der Waals surface area contributed by atoms with Gasteiger partial charge in [-0.1, -0.05) is 12.1 Å². The number of nitro benzene ring substituents is 1. The standard InChI is InChI=1S/C14H13FN2O5S/c1-9-4-3-5-12(17(18)19)14(9)23(20,21)16-11-7-6-10(15)8-13(11)22-2/h3-8,16H,1-2H3. The average molecular weight is 340 g/mol. The Morgan fingerprint density at radius 2 is 1.96 bits per heavy atom. The topological polar surface area (TPSA) is 98.5 Å². The maximum atomic E-state index is 13.2. The summed E-state index contributed by atoms with van der Waals surface area (Å²) < 4.78 is 45.4. The van der Waals surface area contributed by atoms with Crippen LogP contribution >= 0.6 is 0 Å². The van der Waals surface area contributed by atoms with Crippen molar-refractivity contribution in [2.45, 2.75) is 11.8 Å². The SMILES string of the molecule is COc1cc(F)ccc1NS(=O)(=O)c1c(C)cccc1[N+](=O)[O-]. The summed E-state index contributed by atoms with van der Waals surface area (Å²) in [7, 11) is -3.01. The Kier molecular flexibility index (Phi) is 4.50. The highest BCUT2D eigenvalue weighted by molar-refractivity contribution is 7.93. The van der Waals surface area contributed by atoms with Gasteiger partial charge >= 0.3 is 0 Å². The highest BCUT2D eigenvalue weighted by Gasteiger charge is 2.28. The van der Waals surface area contributed by atoms with Crippen LogP contribution in [-0.2, 0) is 10.0 Å². The molecular weight excluding hydrogens is 327 g/mol. The molecule has 0 aliphatic carbocycles. The van der Waals surface area contributed by atoms with Crippen LogP contribution < -0.4 is 9.46 Å². The first-order valence-corrected chi connectivity index (χ1v) is 7.85. The number of methoxy groups -OCH3 is 1. The minimum Gasteiger partial charge on any atom is -0.494 e. The molecule has 0 spiro atoms. The van der Waals surface area contributed by atoms with Gasteiger partial charge in [0.25, 0.3) is 15.7 Å². The van der Waals surface area contributed by atoms with E-state index in [-0.39, 0.29) is 17.0 Å². The number of nitrogens with zero attached hydrogens (tertiary/aromatic N) is 1. The molecule has 2 aromatic carbocycles. The molecule has 1 N–H and O–H groups in total. The van der Waals surface area contributed by atoms with Crippen LogP contribution in [0.5, 0.6) is 5.75 Å². The fraction of sp³-hybridized carbons (Fsp3) is 0.143. The smallest absolute Gasteiger partial charge is 0.290 e. The van der Waals surface area contributed by atoms with Crippen LogP contribution in [0.25, 0.3) is 0 Å². The average Bonchev–Trinajstić information content (AvgIpc) is 2.48. The predicted molar refractivity (Wildman–Crippen MR) is 81.6 cm³/mol. The van der Waals surface area contributed by atoms with Gasteiger partial charge in [0.15, 0.2) is 4.90 Å². The molecule has 0 unspecified atom stereocenters. The van der Waals surface area contributed by atoms with Gasteiger partial charge < -0.3 is 4.74 Å². The van der Waals surface area contributed by atoms with Crippen molar-refractivity contribution in [1.29, 1.82) is 0 Å². The number of ether oxygens (including phenoxy) is 1. The van der Waals surface area contributed by atoms with Crippen molar-refractivity contribution < 1.29 is 22.5 Å². The second kappa shape index (κ2) is 6.21. The van der Waals surface area contributed by atoms with Crippen LogP contribution in [0, 0.1) is 22.9 Å². The zero-order valence-corrected chi connectivity index (χ0v) is 13.1. The minimum absolute atomic E-state index is 0.0218. The van der Waals surface area contributed by atoms with E-state index in [0.29, 0.717) is 0 Å². The van der Waals surface area contributed by atoms with E-state index < -0.39 is 31.3 Å². The number of aryl methyl sites for hydroxylation is 1. The van der Waals surface area contributed by atoms with Gasteiger partial charge in [-0.15, -0.1) is 0 Å². The molecule has 0 heterocycles. The predicted octanol–water partition coefficient (Wildman–Crippen LogP) is 2.85. The third kappa shape index (κ3) is 3.39. The van der Waals surface area contributed by atoms with Crippen molar-refractivity contribution in [1.82, 2.24) is 0 Å². The molecule has 0 atom stereocenters. The monoisotopic (exact) mass is 340 g/mol. The van der Waals surface area contributed by atoms with Crippen molar-refractivity contribution in [3.05, 3.63) is 57.9 Å². The molecule has 0 aromatic heterocycles. The molecule has 2 aromatic rings. The Hall–Kier alpha value is -2.68. The number of sulfonamides is 1. The summed E-state index contributed by atoms with van der Waals surface area (Å²) in [4.78, 5) is 9.86. The molecule has 7 nitrogen and oxygen atoms in total. The van der Waals surface area contributed by atoms with Crippen LogP contribution in [-0.4, -0.2) is 20.5 Å². The van der Waals surface area contributed by atoms with Gasteiger partial charge in [-0.2, -0.15) is 0 Å². The first-order chi connectivity index (χ1) is 10.8. The normalized spacial score (nSPS) is 11.1. The van der Waals surface area contributed by atoms with Crippen LogP contribution in [0.3, 0.4) is 0 Å². The highest BCUT2D eigenvalue weighted by atomic mass is 32.2. The van der Waals surface area contributed by atoms with Gasteiger partial charge in [0, 0.05) is 12.1 Å². The molecule has 122 valence electrons. The lowest BCUT2D eigenvalue weighted by Gasteiger charge is -2.13. The third-order valence-electron chi connectivity index (χ3n) is 3.06. The summed E-state index contributed by atoms with van der Waals surface area (Å²) in [5, 5.41) is 11.1. The Bertz CT molecular complexity index is 867. The molecule has 0 aliphatic heterocycles. The summed E-state index contributed by atoms with van der Waals surface area (Å²) in [5.74, 6) is -0.642. The molecule has 2 rings (SSSR count). The first-order valence-electron chi connectivity index (χ1n) is 6.36. The summed E-state index contributed by atoms with van der Waals surface area (Å²) in [6.45, 7) is 1.45. The quantitative estimate of drug-likeness (QED) is 0.666. The maximum Gasteiger partial charge on any atom is 0.290 e. The van der Waals surface area contributed by atoms with Gasteiger partial charge in [-0.05, 0) is 24.6 Å². The summed E-state index contributed by atoms with van der Waals surface area (Å²) in [5.41, 5.74) is -0.349. The zero-order chi connectivity index (χ0) is 17.2. The number of nitrogens with one attached hydrogen (secondary N) is 1. The van der Waals surface area contributed by atoms with Crippen LogP contribution in [0.2, 0.25) is 0 Å². The number of hydrogen-bond acceptors (Lipinski definition) is 5. The van der Waals surface area contributed by atoms with Crippen molar-refractivity contribution in [3.8, 4) is 5.75 Å². The number of anilines is 1. The number of benzene rings is 2. The number of rotatable bonds is 5. The zero-order valence-electron chi connectivity index (χ0n) is 12.2. The van der Waals surface area contributed by atoms with Gasteiger partial charge in [0.2, 0.25) is 0 Å². The van der Waals surface area contributed by atoms with Gasteiger partial charge in [-0.3, -0.25) is 14.8 Å². The maximum absolute atomic E-state index is 13.2. The van der Waals surface area contributed by atoms with Crippen molar-refractivity contribution in [2.24, 2.45) is 0 Å². The summed E-state index contributed by atoms with van der Waals surface area (Å²) >= 11 is 0. The van der Waals surface area contributed by atoms with E-state index in [1.54, 1.807) is 0 Å². The fourth-order valence-corrected chi connectivity index (χ4v) is 3.55. The van der Waals surface area contributed by atoms with Gasteiger partial charge in [0.1, 0.15) is 11.6 Å². The van der Waals surface area contributed by atoms with E-state index >= 15 is 0 Å². The molecule has 0 saturated heterocycles. The Labute approximate surface area is 131 Å². The van der Waals surface area contributed by atoms with E-state index in [9.17, 15) is 22.9 Å². The molecular formula is C14H13FN2O5S. The van der Waals surface area contributed by atoms with Crippen molar-refractivity contribution in [2.75, 3.05) is 11.8 Å².